The Kier molecular flexibility index (Phi) is 4.12. The van der Waals surface area contributed by atoms with Gasteiger partial charge in [-0.05, 0) is 42.9 Å². The van der Waals surface area contributed by atoms with Crippen LogP contribution in [0, 0.1) is 5.92 Å². The Labute approximate surface area is 107 Å². The molecule has 2 N–H and O–H groups in total. The molecule has 1 saturated carbocycles. The Morgan fingerprint density at radius 3 is 2.69 bits per heavy atom. The molecule has 0 amide bonds. The zero-order valence-electron chi connectivity index (χ0n) is 9.26. The quantitative estimate of drug-likeness (QED) is 0.844. The highest BCUT2D eigenvalue weighted by Crippen LogP contribution is 2.41. The Bertz CT molecular complexity index is 365. The number of hydrogen-bond donors (Lipinski definition) is 1. The molecule has 3 heteroatoms. The lowest BCUT2D eigenvalue weighted by Gasteiger charge is -2.31. The van der Waals surface area contributed by atoms with Crippen molar-refractivity contribution >= 4 is 23.2 Å². The summed E-state index contributed by atoms with van der Waals surface area (Å²) < 4.78 is 0. The summed E-state index contributed by atoms with van der Waals surface area (Å²) in [5, 5.41) is 1.37. The average Bonchev–Trinajstić information content (AvgIpc) is 2.33. The lowest BCUT2D eigenvalue weighted by atomic mass is 9.75. The van der Waals surface area contributed by atoms with Gasteiger partial charge in [0.2, 0.25) is 0 Å². The summed E-state index contributed by atoms with van der Waals surface area (Å²) in [5.41, 5.74) is 7.03. The van der Waals surface area contributed by atoms with Crippen molar-refractivity contribution in [2.24, 2.45) is 11.7 Å². The maximum absolute atomic E-state index is 6.28. The SMILES string of the molecule is NCC1CCCCC1c1cccc(Cl)c1Cl. The predicted molar refractivity (Wildman–Crippen MR) is 70.2 cm³/mol. The first-order chi connectivity index (χ1) is 7.74. The molecule has 1 nitrogen and oxygen atoms in total. The molecule has 88 valence electrons. The van der Waals surface area contributed by atoms with Crippen molar-refractivity contribution in [2.75, 3.05) is 6.54 Å². The molecule has 0 spiro atoms. The molecule has 1 aromatic rings. The van der Waals surface area contributed by atoms with E-state index in [4.69, 9.17) is 28.9 Å². The molecule has 2 atom stereocenters. The van der Waals surface area contributed by atoms with Crippen LogP contribution in [-0.4, -0.2) is 6.54 Å². The van der Waals surface area contributed by atoms with Crippen molar-refractivity contribution in [1.82, 2.24) is 0 Å². The molecule has 0 saturated heterocycles. The fourth-order valence-electron chi connectivity index (χ4n) is 2.71. The highest BCUT2D eigenvalue weighted by Gasteiger charge is 2.27. The van der Waals surface area contributed by atoms with Gasteiger partial charge in [-0.15, -0.1) is 0 Å². The predicted octanol–water partition coefficient (Wildman–Crippen LogP) is 4.23. The van der Waals surface area contributed by atoms with Gasteiger partial charge in [-0.25, -0.2) is 0 Å². The van der Waals surface area contributed by atoms with Crippen molar-refractivity contribution in [1.29, 1.82) is 0 Å². The molecule has 2 unspecified atom stereocenters. The first-order valence-electron chi connectivity index (χ1n) is 5.88. The molecule has 0 aliphatic heterocycles. The zero-order chi connectivity index (χ0) is 11.5. The number of halogens is 2. The molecule has 0 aromatic heterocycles. The molecule has 0 heterocycles. The minimum Gasteiger partial charge on any atom is -0.330 e. The standard InChI is InChI=1S/C13H17Cl2N/c14-12-7-3-6-11(13(12)15)10-5-2-1-4-9(10)8-16/h3,6-7,9-10H,1-2,4-5,8,16H2. The monoisotopic (exact) mass is 257 g/mol. The van der Waals surface area contributed by atoms with Crippen LogP contribution in [-0.2, 0) is 0 Å². The van der Waals surface area contributed by atoms with Crippen LogP contribution in [0.5, 0.6) is 0 Å². The second kappa shape index (κ2) is 5.39. The van der Waals surface area contributed by atoms with Crippen molar-refractivity contribution in [3.8, 4) is 0 Å². The van der Waals surface area contributed by atoms with Crippen molar-refractivity contribution in [2.45, 2.75) is 31.6 Å². The third-order valence-corrected chi connectivity index (χ3v) is 4.43. The van der Waals surface area contributed by atoms with Gasteiger partial charge in [0, 0.05) is 0 Å². The molecular weight excluding hydrogens is 241 g/mol. The van der Waals surface area contributed by atoms with Gasteiger partial charge in [0.25, 0.3) is 0 Å². The van der Waals surface area contributed by atoms with Crippen LogP contribution in [0.4, 0.5) is 0 Å². The van der Waals surface area contributed by atoms with E-state index in [0.717, 1.165) is 11.6 Å². The number of benzene rings is 1. The van der Waals surface area contributed by atoms with Gasteiger partial charge in [0.1, 0.15) is 0 Å². The van der Waals surface area contributed by atoms with E-state index in [1.807, 2.05) is 12.1 Å². The summed E-state index contributed by atoms with van der Waals surface area (Å²) in [4.78, 5) is 0. The maximum atomic E-state index is 6.28. The van der Waals surface area contributed by atoms with Crippen LogP contribution in [0.3, 0.4) is 0 Å². The maximum Gasteiger partial charge on any atom is 0.0627 e. The zero-order valence-corrected chi connectivity index (χ0v) is 10.8. The Balaban J connectivity index is 2.30. The Morgan fingerprint density at radius 2 is 1.94 bits per heavy atom. The minimum absolute atomic E-state index is 0.491. The molecule has 16 heavy (non-hydrogen) atoms. The Morgan fingerprint density at radius 1 is 1.19 bits per heavy atom. The van der Waals surface area contributed by atoms with E-state index in [9.17, 15) is 0 Å². The fraction of sp³-hybridized carbons (Fsp3) is 0.538. The van der Waals surface area contributed by atoms with E-state index in [1.54, 1.807) is 0 Å². The normalized spacial score (nSPS) is 25.7. The van der Waals surface area contributed by atoms with Gasteiger partial charge in [0.05, 0.1) is 10.0 Å². The van der Waals surface area contributed by atoms with Crippen molar-refractivity contribution in [3.05, 3.63) is 33.8 Å². The van der Waals surface area contributed by atoms with Crippen LogP contribution in [0.15, 0.2) is 18.2 Å². The van der Waals surface area contributed by atoms with Gasteiger partial charge in [-0.1, -0.05) is 48.2 Å². The molecule has 1 aliphatic rings. The number of rotatable bonds is 2. The largest absolute Gasteiger partial charge is 0.330 e. The first-order valence-corrected chi connectivity index (χ1v) is 6.63. The van der Waals surface area contributed by atoms with Crippen LogP contribution in [0.25, 0.3) is 0 Å². The molecule has 0 bridgehead atoms. The lowest BCUT2D eigenvalue weighted by molar-refractivity contribution is 0.314. The lowest BCUT2D eigenvalue weighted by Crippen LogP contribution is -2.25. The third kappa shape index (κ3) is 2.37. The van der Waals surface area contributed by atoms with Crippen LogP contribution < -0.4 is 5.73 Å². The second-order valence-corrected chi connectivity index (χ2v) is 5.31. The van der Waals surface area contributed by atoms with Crippen LogP contribution >= 0.6 is 23.2 Å². The highest BCUT2D eigenvalue weighted by atomic mass is 35.5. The van der Waals surface area contributed by atoms with E-state index >= 15 is 0 Å². The van der Waals surface area contributed by atoms with E-state index in [1.165, 1.54) is 31.2 Å². The Hall–Kier alpha value is -0.240. The summed E-state index contributed by atoms with van der Waals surface area (Å²) in [7, 11) is 0. The summed E-state index contributed by atoms with van der Waals surface area (Å²) in [6, 6.07) is 5.91. The highest BCUT2D eigenvalue weighted by molar-refractivity contribution is 6.42. The molecule has 2 rings (SSSR count). The van der Waals surface area contributed by atoms with Crippen LogP contribution in [0.2, 0.25) is 10.0 Å². The van der Waals surface area contributed by atoms with E-state index < -0.39 is 0 Å². The first kappa shape index (κ1) is 12.2. The second-order valence-electron chi connectivity index (χ2n) is 4.53. The molecule has 1 aromatic carbocycles. The topological polar surface area (TPSA) is 26.0 Å². The van der Waals surface area contributed by atoms with Crippen molar-refractivity contribution in [3.63, 3.8) is 0 Å². The van der Waals surface area contributed by atoms with E-state index in [2.05, 4.69) is 6.07 Å². The van der Waals surface area contributed by atoms with E-state index in [-0.39, 0.29) is 0 Å². The van der Waals surface area contributed by atoms with Crippen LogP contribution in [0.1, 0.15) is 37.2 Å². The summed E-state index contributed by atoms with van der Waals surface area (Å²) in [6.45, 7) is 0.744. The molecular formula is C13H17Cl2N. The van der Waals surface area contributed by atoms with Gasteiger partial charge in [-0.2, -0.15) is 0 Å². The number of nitrogens with two attached hydrogens (primary N) is 1. The summed E-state index contributed by atoms with van der Waals surface area (Å²) in [5.74, 6) is 1.05. The summed E-state index contributed by atoms with van der Waals surface area (Å²) >= 11 is 12.3. The number of hydrogen-bond acceptors (Lipinski definition) is 1. The average molecular weight is 258 g/mol. The van der Waals surface area contributed by atoms with Gasteiger partial charge >= 0.3 is 0 Å². The van der Waals surface area contributed by atoms with Crippen molar-refractivity contribution < 1.29 is 0 Å². The van der Waals surface area contributed by atoms with Gasteiger partial charge in [-0.3, -0.25) is 0 Å². The molecule has 1 aliphatic carbocycles. The van der Waals surface area contributed by atoms with Gasteiger partial charge in [0.15, 0.2) is 0 Å². The minimum atomic E-state index is 0.491. The smallest absolute Gasteiger partial charge is 0.0627 e. The fourth-order valence-corrected chi connectivity index (χ4v) is 3.15. The van der Waals surface area contributed by atoms with E-state index in [0.29, 0.717) is 16.9 Å². The van der Waals surface area contributed by atoms with Gasteiger partial charge < -0.3 is 5.73 Å². The molecule has 0 radical (unpaired) electrons. The molecule has 1 fully saturated rings. The summed E-state index contributed by atoms with van der Waals surface area (Å²) in [6.07, 6.45) is 4.95. The third-order valence-electron chi connectivity index (χ3n) is 3.59.